The number of amides is 1. The fourth-order valence-electron chi connectivity index (χ4n) is 4.04. The van der Waals surface area contributed by atoms with E-state index in [1.807, 2.05) is 6.07 Å². The largest absolute Gasteiger partial charge is 0.328 e. The van der Waals surface area contributed by atoms with Crippen LogP contribution in [0.1, 0.15) is 56.8 Å². The summed E-state index contributed by atoms with van der Waals surface area (Å²) in [7, 11) is 0. The van der Waals surface area contributed by atoms with Crippen LogP contribution in [0, 0.1) is 0 Å². The number of carbonyl (C=O) groups excluding carboxylic acids is 1. The third-order valence-corrected chi connectivity index (χ3v) is 7.68. The summed E-state index contributed by atoms with van der Waals surface area (Å²) in [5.41, 5.74) is 2.46. The first-order valence-electron chi connectivity index (χ1n) is 9.07. The van der Waals surface area contributed by atoms with Gasteiger partial charge in [-0.05, 0) is 62.3 Å². The summed E-state index contributed by atoms with van der Waals surface area (Å²) < 4.78 is 1.21. The lowest BCUT2D eigenvalue weighted by molar-refractivity contribution is 0.0740. The second-order valence-corrected chi connectivity index (χ2v) is 9.14. The lowest BCUT2D eigenvalue weighted by Gasteiger charge is -2.22. The number of hydrogen-bond donors (Lipinski definition) is 0. The minimum atomic E-state index is 0.143. The topological polar surface area (TPSA) is 33.2 Å². The predicted molar refractivity (Wildman–Crippen MR) is 104 cm³/mol. The van der Waals surface area contributed by atoms with Crippen molar-refractivity contribution in [2.45, 2.75) is 44.6 Å². The van der Waals surface area contributed by atoms with Gasteiger partial charge in [0.1, 0.15) is 5.01 Å². The second-order valence-electron chi connectivity index (χ2n) is 6.94. The summed E-state index contributed by atoms with van der Waals surface area (Å²) in [5, 5.41) is 1.09. The zero-order valence-electron chi connectivity index (χ0n) is 14.0. The second kappa shape index (κ2) is 6.22. The van der Waals surface area contributed by atoms with E-state index in [0.29, 0.717) is 0 Å². The fourth-order valence-corrected chi connectivity index (χ4v) is 6.36. The van der Waals surface area contributed by atoms with Crippen LogP contribution in [0.25, 0.3) is 10.2 Å². The highest BCUT2D eigenvalue weighted by Gasteiger charge is 2.34. The van der Waals surface area contributed by atoms with Gasteiger partial charge in [0, 0.05) is 11.4 Å². The minimum Gasteiger partial charge on any atom is -0.328 e. The Morgan fingerprint density at radius 1 is 1.12 bits per heavy atom. The number of benzene rings is 1. The molecule has 3 heterocycles. The fraction of sp³-hybridized carbons (Fsp3) is 0.400. The van der Waals surface area contributed by atoms with Crippen molar-refractivity contribution < 1.29 is 4.79 Å². The first-order valence-corrected chi connectivity index (χ1v) is 10.7. The summed E-state index contributed by atoms with van der Waals surface area (Å²) in [6.45, 7) is 0.849. The Labute approximate surface area is 155 Å². The van der Waals surface area contributed by atoms with Gasteiger partial charge in [-0.1, -0.05) is 12.1 Å². The van der Waals surface area contributed by atoms with E-state index in [1.165, 1.54) is 28.0 Å². The number of thiazole rings is 1. The van der Waals surface area contributed by atoms with Crippen molar-refractivity contribution in [1.82, 2.24) is 9.88 Å². The number of carbonyl (C=O) groups is 1. The van der Waals surface area contributed by atoms with Crippen LogP contribution in [-0.4, -0.2) is 22.3 Å². The quantitative estimate of drug-likeness (QED) is 0.622. The van der Waals surface area contributed by atoms with E-state index in [1.54, 1.807) is 22.7 Å². The molecule has 1 amide bonds. The van der Waals surface area contributed by atoms with Gasteiger partial charge in [0.25, 0.3) is 5.91 Å². The van der Waals surface area contributed by atoms with Gasteiger partial charge < -0.3 is 4.90 Å². The van der Waals surface area contributed by atoms with Crippen LogP contribution in [0.3, 0.4) is 0 Å². The molecule has 1 atom stereocenters. The zero-order chi connectivity index (χ0) is 16.8. The molecule has 2 aliphatic rings. The molecule has 1 fully saturated rings. The van der Waals surface area contributed by atoms with E-state index < -0.39 is 0 Å². The van der Waals surface area contributed by atoms with E-state index >= 15 is 0 Å². The summed E-state index contributed by atoms with van der Waals surface area (Å²) in [6.07, 6.45) is 6.90. The number of nitrogens with zero attached hydrogens (tertiary/aromatic N) is 2. The molecule has 1 saturated heterocycles. The normalized spacial score (nSPS) is 20.2. The molecule has 2 aromatic heterocycles. The first kappa shape index (κ1) is 15.5. The lowest BCUT2D eigenvalue weighted by Crippen LogP contribution is -2.29. The molecule has 0 radical (unpaired) electrons. The predicted octanol–water partition coefficient (Wildman–Crippen LogP) is 5.21. The Bertz CT molecular complexity index is 886. The van der Waals surface area contributed by atoms with Crippen molar-refractivity contribution in [1.29, 1.82) is 0 Å². The molecule has 5 rings (SSSR count). The monoisotopic (exact) mass is 368 g/mol. The molecular formula is C20H20N2OS2. The number of hydrogen-bond acceptors (Lipinski definition) is 4. The number of fused-ring (bicyclic) bond motifs is 2. The minimum absolute atomic E-state index is 0.143. The maximum Gasteiger partial charge on any atom is 0.264 e. The number of para-hydroxylation sites is 1. The average molecular weight is 369 g/mol. The Morgan fingerprint density at radius 3 is 2.88 bits per heavy atom. The van der Waals surface area contributed by atoms with E-state index in [9.17, 15) is 4.79 Å². The summed E-state index contributed by atoms with van der Waals surface area (Å²) in [6, 6.07) is 10.6. The van der Waals surface area contributed by atoms with Crippen molar-refractivity contribution >= 4 is 38.8 Å². The number of thiophene rings is 1. The molecule has 5 heteroatoms. The van der Waals surface area contributed by atoms with Crippen LogP contribution in [0.15, 0.2) is 30.3 Å². The van der Waals surface area contributed by atoms with Crippen molar-refractivity contribution in [3.8, 4) is 0 Å². The van der Waals surface area contributed by atoms with Crippen LogP contribution in [0.4, 0.5) is 0 Å². The van der Waals surface area contributed by atoms with Gasteiger partial charge in [-0.15, -0.1) is 22.7 Å². The molecule has 0 N–H and O–H groups in total. The molecule has 3 aromatic rings. The third-order valence-electron chi connectivity index (χ3n) is 5.32. The van der Waals surface area contributed by atoms with Gasteiger partial charge in [0.2, 0.25) is 0 Å². The summed E-state index contributed by atoms with van der Waals surface area (Å²) in [4.78, 5) is 22.4. The van der Waals surface area contributed by atoms with Crippen molar-refractivity contribution in [2.75, 3.05) is 6.54 Å². The molecule has 1 aliphatic carbocycles. The first-order chi connectivity index (χ1) is 12.3. The Balaban J connectivity index is 1.45. The molecule has 0 spiro atoms. The van der Waals surface area contributed by atoms with Crippen LogP contribution >= 0.6 is 22.7 Å². The maximum absolute atomic E-state index is 13.2. The van der Waals surface area contributed by atoms with Gasteiger partial charge in [0.05, 0.1) is 21.1 Å². The molecule has 128 valence electrons. The van der Waals surface area contributed by atoms with Gasteiger partial charge in [-0.2, -0.15) is 0 Å². The SMILES string of the molecule is O=C(c1cc2c(s1)CCCC2)N1CCCC1c1nc2ccccc2s1. The van der Waals surface area contributed by atoms with E-state index in [-0.39, 0.29) is 11.9 Å². The molecular weight excluding hydrogens is 348 g/mol. The molecule has 1 aromatic carbocycles. The highest BCUT2D eigenvalue weighted by Crippen LogP contribution is 2.38. The van der Waals surface area contributed by atoms with Gasteiger partial charge in [-0.25, -0.2) is 4.98 Å². The number of likely N-dealkylation sites (tertiary alicyclic amines) is 1. The zero-order valence-corrected chi connectivity index (χ0v) is 15.7. The molecule has 1 aliphatic heterocycles. The number of rotatable bonds is 2. The highest BCUT2D eigenvalue weighted by atomic mass is 32.1. The van der Waals surface area contributed by atoms with Crippen LogP contribution < -0.4 is 0 Å². The van der Waals surface area contributed by atoms with Crippen molar-refractivity contribution in [2.24, 2.45) is 0 Å². The van der Waals surface area contributed by atoms with Gasteiger partial charge >= 0.3 is 0 Å². The number of aryl methyl sites for hydroxylation is 2. The van der Waals surface area contributed by atoms with Crippen LogP contribution in [0.5, 0.6) is 0 Å². The molecule has 25 heavy (non-hydrogen) atoms. The Kier molecular flexibility index (Phi) is 3.86. The number of aromatic nitrogens is 1. The van der Waals surface area contributed by atoms with Crippen molar-refractivity contribution in [3.63, 3.8) is 0 Å². The standard InChI is InChI=1S/C20H20N2OS2/c23-20(18-12-13-6-1-3-9-16(13)24-18)22-11-5-8-15(22)19-21-14-7-2-4-10-17(14)25-19/h2,4,7,10,12,15H,1,3,5-6,8-9,11H2. The van der Waals surface area contributed by atoms with E-state index in [4.69, 9.17) is 4.98 Å². The average Bonchev–Trinajstić information content (AvgIpc) is 3.36. The molecule has 1 unspecified atom stereocenters. The summed E-state index contributed by atoms with van der Waals surface area (Å²) >= 11 is 3.46. The van der Waals surface area contributed by atoms with Crippen LogP contribution in [-0.2, 0) is 12.8 Å². The van der Waals surface area contributed by atoms with Crippen LogP contribution in [0.2, 0.25) is 0 Å². The molecule has 0 bridgehead atoms. The smallest absolute Gasteiger partial charge is 0.264 e. The van der Waals surface area contributed by atoms with E-state index in [2.05, 4.69) is 29.2 Å². The van der Waals surface area contributed by atoms with E-state index in [0.717, 1.165) is 47.6 Å². The molecule has 0 saturated carbocycles. The Morgan fingerprint density at radius 2 is 2.00 bits per heavy atom. The lowest BCUT2D eigenvalue weighted by atomic mass is 9.99. The third kappa shape index (κ3) is 2.70. The highest BCUT2D eigenvalue weighted by molar-refractivity contribution is 7.18. The molecule has 3 nitrogen and oxygen atoms in total. The van der Waals surface area contributed by atoms with Crippen molar-refractivity contribution in [3.05, 3.63) is 50.7 Å². The van der Waals surface area contributed by atoms with Gasteiger partial charge in [-0.3, -0.25) is 4.79 Å². The van der Waals surface area contributed by atoms with Gasteiger partial charge in [0.15, 0.2) is 0 Å². The maximum atomic E-state index is 13.2. The summed E-state index contributed by atoms with van der Waals surface area (Å²) in [5.74, 6) is 0.209. The Hall–Kier alpha value is -1.72.